The Balaban J connectivity index is 0.00000304. The molecule has 0 N–H and O–H groups in total. The molecule has 1 aliphatic carbocycles. The Hall–Kier alpha value is -2.85. The zero-order valence-corrected chi connectivity index (χ0v) is 22.3. The van der Waals surface area contributed by atoms with Crippen LogP contribution in [0.15, 0.2) is 35.4 Å². The molecule has 2 aliphatic heterocycles. The summed E-state index contributed by atoms with van der Waals surface area (Å²) in [4.78, 5) is 35.4. The van der Waals surface area contributed by atoms with E-state index in [1.54, 1.807) is 11.0 Å². The highest BCUT2D eigenvalue weighted by molar-refractivity contribution is 7.90. The van der Waals surface area contributed by atoms with Gasteiger partial charge < -0.3 is 14.5 Å². The van der Waals surface area contributed by atoms with Gasteiger partial charge in [0.1, 0.15) is 12.4 Å². The van der Waals surface area contributed by atoms with E-state index in [0.717, 1.165) is 17.6 Å². The first-order valence-corrected chi connectivity index (χ1v) is 13.8. The molecular weight excluding hydrogens is 504 g/mol. The predicted octanol–water partition coefficient (Wildman–Crippen LogP) is 3.40. The molecule has 2 saturated heterocycles. The first kappa shape index (κ1) is 26.2. The van der Waals surface area contributed by atoms with E-state index >= 15 is 0 Å². The fourth-order valence-electron chi connectivity index (χ4n) is 4.87. The molecule has 2 amide bonds. The molecule has 0 unspecified atom stereocenters. The van der Waals surface area contributed by atoms with E-state index in [4.69, 9.17) is 9.72 Å². The maximum absolute atomic E-state index is 13.4. The largest absolute Gasteiger partial charge is 0.447 e. The van der Waals surface area contributed by atoms with Gasteiger partial charge in [0.05, 0.1) is 16.5 Å². The Bertz CT molecular complexity index is 1290. The van der Waals surface area contributed by atoms with Crippen molar-refractivity contribution in [2.45, 2.75) is 43.5 Å². The minimum Gasteiger partial charge on any atom is -0.447 e. The Labute approximate surface area is 217 Å². The summed E-state index contributed by atoms with van der Waals surface area (Å²) in [5.74, 6) is 1.26. The van der Waals surface area contributed by atoms with Crippen LogP contribution in [0.25, 0.3) is 0 Å². The number of anilines is 2. The van der Waals surface area contributed by atoms with Crippen molar-refractivity contribution < 1.29 is 22.7 Å². The van der Waals surface area contributed by atoms with Crippen LogP contribution in [-0.4, -0.2) is 75.4 Å². The standard InChI is InChI=1S/C25H30N4O5S.ClH/c1-16-12-19(18-4-5-18)14-26-23(16)27-8-10-28(11-9-27)24(30)21-7-6-20(13-22(21)35(3,32)33)29-17(2)15-34-25(29)31;/h6-7,12-14,17-18H,4-5,8-11,15H2,1-3H3;1H/t17-;/m1./s1. The Morgan fingerprint density at radius 2 is 1.81 bits per heavy atom. The Morgan fingerprint density at radius 1 is 1.11 bits per heavy atom. The molecule has 9 nitrogen and oxygen atoms in total. The van der Waals surface area contributed by atoms with Gasteiger partial charge in [0.2, 0.25) is 0 Å². The number of carbonyl (C=O) groups excluding carboxylic acids is 2. The van der Waals surface area contributed by atoms with Gasteiger partial charge in [0.15, 0.2) is 9.84 Å². The number of aromatic nitrogens is 1. The lowest BCUT2D eigenvalue weighted by molar-refractivity contribution is 0.0742. The molecule has 1 aromatic heterocycles. The van der Waals surface area contributed by atoms with Gasteiger partial charge in [0, 0.05) is 44.3 Å². The van der Waals surface area contributed by atoms with Gasteiger partial charge in [-0.2, -0.15) is 0 Å². The van der Waals surface area contributed by atoms with E-state index < -0.39 is 15.9 Å². The van der Waals surface area contributed by atoms with Crippen LogP contribution in [0.5, 0.6) is 0 Å². The number of sulfone groups is 1. The maximum atomic E-state index is 13.4. The predicted molar refractivity (Wildman–Crippen MR) is 139 cm³/mol. The van der Waals surface area contributed by atoms with Crippen molar-refractivity contribution in [2.24, 2.45) is 0 Å². The maximum Gasteiger partial charge on any atom is 0.414 e. The smallest absolute Gasteiger partial charge is 0.414 e. The van der Waals surface area contributed by atoms with Crippen molar-refractivity contribution in [3.63, 3.8) is 0 Å². The molecule has 3 aliphatic rings. The SMILES string of the molecule is Cc1cc(C2CC2)cnc1N1CCN(C(=O)c2ccc(N3C(=O)OC[C@H]3C)cc2S(C)(=O)=O)CC1.Cl. The number of aryl methyl sites for hydroxylation is 1. The van der Waals surface area contributed by atoms with Crippen LogP contribution in [0.4, 0.5) is 16.3 Å². The van der Waals surface area contributed by atoms with Crippen LogP contribution < -0.4 is 9.80 Å². The van der Waals surface area contributed by atoms with Gasteiger partial charge in [0.25, 0.3) is 5.91 Å². The van der Waals surface area contributed by atoms with Crippen LogP contribution >= 0.6 is 12.4 Å². The van der Waals surface area contributed by atoms with E-state index in [1.807, 2.05) is 13.1 Å². The molecule has 5 rings (SSSR count). The van der Waals surface area contributed by atoms with Crippen LogP contribution in [0.3, 0.4) is 0 Å². The summed E-state index contributed by atoms with van der Waals surface area (Å²) in [7, 11) is -3.72. The summed E-state index contributed by atoms with van der Waals surface area (Å²) in [6, 6.07) is 6.50. The summed E-state index contributed by atoms with van der Waals surface area (Å²) in [5.41, 5.74) is 2.96. The molecule has 194 valence electrons. The number of halogens is 1. The average molecular weight is 535 g/mol. The highest BCUT2D eigenvalue weighted by Crippen LogP contribution is 2.40. The van der Waals surface area contributed by atoms with Gasteiger partial charge >= 0.3 is 6.09 Å². The fraction of sp³-hybridized carbons (Fsp3) is 0.480. The van der Waals surface area contributed by atoms with Gasteiger partial charge in [-0.15, -0.1) is 12.4 Å². The lowest BCUT2D eigenvalue weighted by atomic mass is 10.1. The van der Waals surface area contributed by atoms with Gasteiger partial charge in [-0.05, 0) is 61.9 Å². The normalized spacial score (nSPS) is 20.2. The number of carbonyl (C=O) groups is 2. The number of hydrogen-bond acceptors (Lipinski definition) is 7. The minimum absolute atomic E-state index is 0. The van der Waals surface area contributed by atoms with Gasteiger partial charge in [-0.1, -0.05) is 6.07 Å². The van der Waals surface area contributed by atoms with Crippen molar-refractivity contribution in [2.75, 3.05) is 48.8 Å². The Morgan fingerprint density at radius 3 is 2.36 bits per heavy atom. The van der Waals surface area contributed by atoms with E-state index in [9.17, 15) is 18.0 Å². The summed E-state index contributed by atoms with van der Waals surface area (Å²) in [6.07, 6.45) is 4.99. The molecule has 1 aromatic carbocycles. The van der Waals surface area contributed by atoms with E-state index in [1.165, 1.54) is 35.4 Å². The molecule has 3 heterocycles. The lowest BCUT2D eigenvalue weighted by Crippen LogP contribution is -2.49. The number of rotatable bonds is 5. The second-order valence-corrected chi connectivity index (χ2v) is 11.7. The van der Waals surface area contributed by atoms with E-state index in [2.05, 4.69) is 17.9 Å². The quantitative estimate of drug-likeness (QED) is 0.579. The zero-order valence-electron chi connectivity index (χ0n) is 20.6. The summed E-state index contributed by atoms with van der Waals surface area (Å²) in [6.45, 7) is 6.28. The van der Waals surface area contributed by atoms with Crippen LogP contribution in [-0.2, 0) is 14.6 Å². The van der Waals surface area contributed by atoms with Gasteiger partial charge in [-0.3, -0.25) is 9.69 Å². The van der Waals surface area contributed by atoms with Crippen LogP contribution in [0.2, 0.25) is 0 Å². The van der Waals surface area contributed by atoms with Crippen molar-refractivity contribution in [1.82, 2.24) is 9.88 Å². The fourth-order valence-corrected chi connectivity index (χ4v) is 5.76. The van der Waals surface area contributed by atoms with Crippen LogP contribution in [0.1, 0.15) is 47.2 Å². The number of hydrogen-bond donors (Lipinski definition) is 0. The van der Waals surface area contributed by atoms with Crippen molar-refractivity contribution >= 4 is 45.7 Å². The number of nitrogens with zero attached hydrogens (tertiary/aromatic N) is 4. The number of pyridine rings is 1. The average Bonchev–Trinajstić information content (AvgIpc) is 3.62. The van der Waals surface area contributed by atoms with E-state index in [-0.39, 0.29) is 41.4 Å². The lowest BCUT2D eigenvalue weighted by Gasteiger charge is -2.36. The third kappa shape index (κ3) is 5.01. The second-order valence-electron chi connectivity index (χ2n) is 9.71. The number of piperazine rings is 1. The van der Waals surface area contributed by atoms with Gasteiger partial charge in [-0.25, -0.2) is 18.2 Å². The molecule has 0 spiro atoms. The summed E-state index contributed by atoms with van der Waals surface area (Å²) < 4.78 is 30.3. The molecule has 3 fully saturated rings. The number of benzene rings is 1. The zero-order chi connectivity index (χ0) is 24.9. The Kier molecular flexibility index (Phi) is 7.21. The first-order chi connectivity index (χ1) is 16.6. The van der Waals surface area contributed by atoms with Crippen molar-refractivity contribution in [3.05, 3.63) is 47.2 Å². The van der Waals surface area contributed by atoms with Crippen molar-refractivity contribution in [3.8, 4) is 0 Å². The number of ether oxygens (including phenoxy) is 1. The first-order valence-electron chi connectivity index (χ1n) is 11.9. The number of cyclic esters (lactones) is 1. The molecule has 36 heavy (non-hydrogen) atoms. The second kappa shape index (κ2) is 9.89. The third-order valence-corrected chi connectivity index (χ3v) is 8.08. The molecule has 11 heteroatoms. The molecule has 0 bridgehead atoms. The summed E-state index contributed by atoms with van der Waals surface area (Å²) in [5, 5.41) is 0. The molecule has 1 atom stereocenters. The highest BCUT2D eigenvalue weighted by Gasteiger charge is 2.33. The molecule has 1 saturated carbocycles. The third-order valence-electron chi connectivity index (χ3n) is 6.95. The monoisotopic (exact) mass is 534 g/mol. The molecular formula is C25H31ClN4O5S. The highest BCUT2D eigenvalue weighted by atomic mass is 35.5. The topological polar surface area (TPSA) is 100 Å². The molecule has 2 aromatic rings. The number of amides is 2. The van der Waals surface area contributed by atoms with Crippen molar-refractivity contribution in [1.29, 1.82) is 0 Å². The summed E-state index contributed by atoms with van der Waals surface area (Å²) >= 11 is 0. The van der Waals surface area contributed by atoms with E-state index in [0.29, 0.717) is 37.8 Å². The van der Waals surface area contributed by atoms with Crippen LogP contribution in [0, 0.1) is 6.92 Å². The minimum atomic E-state index is -3.72. The molecule has 0 radical (unpaired) electrons.